The van der Waals surface area contributed by atoms with Gasteiger partial charge in [0.25, 0.3) is 0 Å². The second-order valence-corrected chi connectivity index (χ2v) is 3.99. The van der Waals surface area contributed by atoms with Crippen molar-refractivity contribution in [1.82, 2.24) is 9.97 Å². The molecule has 20 heavy (non-hydrogen) atoms. The first-order valence-corrected chi connectivity index (χ1v) is 6.08. The van der Waals surface area contributed by atoms with Crippen LogP contribution in [-0.2, 0) is 9.53 Å². The number of pyridine rings is 2. The zero-order valence-corrected chi connectivity index (χ0v) is 11.1. The Balaban J connectivity index is 2.03. The Morgan fingerprint density at radius 1 is 1.10 bits per heavy atom. The van der Waals surface area contributed by atoms with E-state index in [0.29, 0.717) is 0 Å². The van der Waals surface area contributed by atoms with Gasteiger partial charge in [0.05, 0.1) is 12.8 Å². The normalized spacial score (nSPS) is 11.1. The zero-order chi connectivity index (χ0) is 14.2. The summed E-state index contributed by atoms with van der Waals surface area (Å²) >= 11 is 0. The van der Waals surface area contributed by atoms with E-state index < -0.39 is 0 Å². The smallest absolute Gasteiger partial charge is 0.330 e. The van der Waals surface area contributed by atoms with Crippen molar-refractivity contribution in [3.8, 4) is 0 Å². The second-order valence-electron chi connectivity index (χ2n) is 3.99. The molecule has 0 fully saturated rings. The van der Waals surface area contributed by atoms with Gasteiger partial charge in [0, 0.05) is 24.7 Å². The van der Waals surface area contributed by atoms with E-state index in [0.717, 1.165) is 16.8 Å². The third kappa shape index (κ3) is 4.17. The molecular weight excluding hydrogens is 252 g/mol. The van der Waals surface area contributed by atoms with Gasteiger partial charge in [0.15, 0.2) is 0 Å². The first-order valence-electron chi connectivity index (χ1n) is 6.08. The fourth-order valence-electron chi connectivity index (χ4n) is 1.50. The van der Waals surface area contributed by atoms with Crippen molar-refractivity contribution < 1.29 is 9.53 Å². The van der Waals surface area contributed by atoms with E-state index in [1.165, 1.54) is 13.2 Å². The fraction of sp³-hybridized carbons (Fsp3) is 0.0625. The lowest BCUT2D eigenvalue weighted by Gasteiger charge is -1.96. The zero-order valence-electron chi connectivity index (χ0n) is 11.1. The number of nitrogens with zero attached hydrogens (tertiary/aromatic N) is 2. The minimum Gasteiger partial charge on any atom is -0.466 e. The Labute approximate surface area is 117 Å². The average Bonchev–Trinajstić information content (AvgIpc) is 2.52. The largest absolute Gasteiger partial charge is 0.466 e. The summed E-state index contributed by atoms with van der Waals surface area (Å²) in [6, 6.07) is 7.62. The number of methoxy groups -OCH3 is 1. The molecule has 0 aromatic carbocycles. The molecule has 0 atom stereocenters. The molecule has 0 saturated carbocycles. The van der Waals surface area contributed by atoms with Gasteiger partial charge in [0.2, 0.25) is 0 Å². The van der Waals surface area contributed by atoms with Crippen LogP contribution >= 0.6 is 0 Å². The molecule has 4 heteroatoms. The van der Waals surface area contributed by atoms with Gasteiger partial charge in [-0.3, -0.25) is 9.97 Å². The molecule has 0 radical (unpaired) electrons. The van der Waals surface area contributed by atoms with Crippen LogP contribution in [0.3, 0.4) is 0 Å². The summed E-state index contributed by atoms with van der Waals surface area (Å²) in [5.41, 5.74) is 2.70. The van der Waals surface area contributed by atoms with Gasteiger partial charge in [-0.1, -0.05) is 18.2 Å². The third-order valence-corrected chi connectivity index (χ3v) is 2.55. The van der Waals surface area contributed by atoms with Gasteiger partial charge in [0.1, 0.15) is 0 Å². The molecule has 0 unspecified atom stereocenters. The Bertz CT molecular complexity index is 617. The SMILES string of the molecule is COC(=O)C=Cc1ccc(/C=C/c2cccnc2)nc1. The Kier molecular flexibility index (Phi) is 4.78. The first-order chi connectivity index (χ1) is 9.78. The predicted octanol–water partition coefficient (Wildman–Crippen LogP) is 2.83. The highest BCUT2D eigenvalue weighted by molar-refractivity contribution is 5.86. The minimum atomic E-state index is -0.384. The van der Waals surface area contributed by atoms with Crippen LogP contribution in [0.1, 0.15) is 16.8 Å². The highest BCUT2D eigenvalue weighted by Gasteiger charge is 1.93. The van der Waals surface area contributed by atoms with Gasteiger partial charge in [-0.05, 0) is 35.4 Å². The van der Waals surface area contributed by atoms with Crippen LogP contribution in [-0.4, -0.2) is 23.0 Å². The molecule has 2 heterocycles. The number of ether oxygens (including phenoxy) is 1. The summed E-state index contributed by atoms with van der Waals surface area (Å²) in [4.78, 5) is 19.3. The average molecular weight is 266 g/mol. The summed E-state index contributed by atoms with van der Waals surface area (Å²) in [7, 11) is 1.34. The van der Waals surface area contributed by atoms with Gasteiger partial charge >= 0.3 is 5.97 Å². The van der Waals surface area contributed by atoms with Gasteiger partial charge in [-0.2, -0.15) is 0 Å². The van der Waals surface area contributed by atoms with E-state index in [1.807, 2.05) is 36.4 Å². The van der Waals surface area contributed by atoms with Crippen molar-refractivity contribution in [3.05, 3.63) is 65.8 Å². The highest BCUT2D eigenvalue weighted by Crippen LogP contribution is 2.07. The molecule has 0 aliphatic rings. The minimum absolute atomic E-state index is 0.384. The topological polar surface area (TPSA) is 52.1 Å². The van der Waals surface area contributed by atoms with Crippen molar-refractivity contribution in [1.29, 1.82) is 0 Å². The quantitative estimate of drug-likeness (QED) is 0.630. The number of hydrogen-bond donors (Lipinski definition) is 0. The second kappa shape index (κ2) is 6.99. The third-order valence-electron chi connectivity index (χ3n) is 2.55. The number of esters is 1. The summed E-state index contributed by atoms with van der Waals surface area (Å²) in [5.74, 6) is -0.384. The fourth-order valence-corrected chi connectivity index (χ4v) is 1.50. The Morgan fingerprint density at radius 3 is 2.60 bits per heavy atom. The number of aromatic nitrogens is 2. The number of rotatable bonds is 4. The molecule has 0 spiro atoms. The Morgan fingerprint density at radius 2 is 1.95 bits per heavy atom. The molecule has 0 bridgehead atoms. The molecule has 0 N–H and O–H groups in total. The monoisotopic (exact) mass is 266 g/mol. The van der Waals surface area contributed by atoms with Gasteiger partial charge in [-0.25, -0.2) is 4.79 Å². The summed E-state index contributed by atoms with van der Waals surface area (Å²) in [5, 5.41) is 0. The molecule has 0 aliphatic carbocycles. The lowest BCUT2D eigenvalue weighted by molar-refractivity contribution is -0.134. The number of carbonyl (C=O) groups excluding carboxylic acids is 1. The maximum atomic E-state index is 11.0. The van der Waals surface area contributed by atoms with E-state index in [4.69, 9.17) is 0 Å². The van der Waals surface area contributed by atoms with Crippen LogP contribution in [0.4, 0.5) is 0 Å². The van der Waals surface area contributed by atoms with Crippen molar-refractivity contribution in [2.24, 2.45) is 0 Å². The van der Waals surface area contributed by atoms with Crippen molar-refractivity contribution in [3.63, 3.8) is 0 Å². The standard InChI is InChI=1S/C16H14N2O2/c1-20-16(19)9-6-14-5-8-15(18-12-14)7-4-13-3-2-10-17-11-13/h2-12H,1H3/b7-4+,9-6?. The maximum absolute atomic E-state index is 11.0. The first kappa shape index (κ1) is 13.7. The summed E-state index contributed by atoms with van der Waals surface area (Å²) in [6.07, 6.45) is 12.1. The molecular formula is C16H14N2O2. The highest BCUT2D eigenvalue weighted by atomic mass is 16.5. The molecule has 2 rings (SSSR count). The molecule has 0 saturated heterocycles. The lowest BCUT2D eigenvalue weighted by atomic mass is 10.2. The lowest BCUT2D eigenvalue weighted by Crippen LogP contribution is -1.93. The molecule has 0 aliphatic heterocycles. The van der Waals surface area contributed by atoms with E-state index >= 15 is 0 Å². The van der Waals surface area contributed by atoms with E-state index in [1.54, 1.807) is 24.7 Å². The van der Waals surface area contributed by atoms with E-state index in [2.05, 4.69) is 14.7 Å². The van der Waals surface area contributed by atoms with E-state index in [9.17, 15) is 4.79 Å². The summed E-state index contributed by atoms with van der Waals surface area (Å²) < 4.78 is 4.52. The number of hydrogen-bond acceptors (Lipinski definition) is 4. The van der Waals surface area contributed by atoms with Crippen LogP contribution in [0.2, 0.25) is 0 Å². The molecule has 100 valence electrons. The van der Waals surface area contributed by atoms with Gasteiger partial charge in [-0.15, -0.1) is 0 Å². The van der Waals surface area contributed by atoms with Gasteiger partial charge < -0.3 is 4.74 Å². The van der Waals surface area contributed by atoms with Crippen LogP contribution in [0.25, 0.3) is 18.2 Å². The predicted molar refractivity (Wildman–Crippen MR) is 78.5 cm³/mol. The van der Waals surface area contributed by atoms with Crippen LogP contribution in [0.5, 0.6) is 0 Å². The summed E-state index contributed by atoms with van der Waals surface area (Å²) in [6.45, 7) is 0. The van der Waals surface area contributed by atoms with Crippen molar-refractivity contribution >= 4 is 24.2 Å². The molecule has 4 nitrogen and oxygen atoms in total. The molecule has 2 aromatic rings. The van der Waals surface area contributed by atoms with Crippen molar-refractivity contribution in [2.75, 3.05) is 7.11 Å². The van der Waals surface area contributed by atoms with Crippen molar-refractivity contribution in [2.45, 2.75) is 0 Å². The Hall–Kier alpha value is -2.75. The maximum Gasteiger partial charge on any atom is 0.330 e. The van der Waals surface area contributed by atoms with Crippen LogP contribution in [0, 0.1) is 0 Å². The number of carbonyl (C=O) groups is 1. The molecule has 0 amide bonds. The van der Waals surface area contributed by atoms with E-state index in [-0.39, 0.29) is 5.97 Å². The van der Waals surface area contributed by atoms with Crippen LogP contribution < -0.4 is 0 Å². The molecule has 2 aromatic heterocycles. The van der Waals surface area contributed by atoms with Crippen LogP contribution in [0.15, 0.2) is 48.9 Å².